The van der Waals surface area contributed by atoms with Crippen molar-refractivity contribution in [2.75, 3.05) is 26.2 Å². The molecule has 2 N–H and O–H groups in total. The Morgan fingerprint density at radius 2 is 2.13 bits per heavy atom. The van der Waals surface area contributed by atoms with Crippen LogP contribution in [0.5, 0.6) is 0 Å². The van der Waals surface area contributed by atoms with Crippen LogP contribution in [-0.2, 0) is 0 Å². The number of nitrogens with zero attached hydrogens (tertiary/aromatic N) is 1. The topological polar surface area (TPSA) is 65.2 Å². The second kappa shape index (κ2) is 4.27. The smallest absolute Gasteiger partial charge is 0.270 e. The fraction of sp³-hybridized carbons (Fsp3) is 0.400. The number of piperazine rings is 1. The monoisotopic (exact) mass is 207 g/mol. The number of aldehydes is 1. The van der Waals surface area contributed by atoms with Crippen LogP contribution < -0.4 is 5.32 Å². The Kier molecular flexibility index (Phi) is 2.82. The molecule has 1 amide bonds. The summed E-state index contributed by atoms with van der Waals surface area (Å²) in [5.74, 6) is -0.0374. The van der Waals surface area contributed by atoms with Crippen molar-refractivity contribution >= 4 is 12.2 Å². The van der Waals surface area contributed by atoms with Gasteiger partial charge in [-0.15, -0.1) is 0 Å². The van der Waals surface area contributed by atoms with E-state index in [0.29, 0.717) is 24.3 Å². The van der Waals surface area contributed by atoms with E-state index in [0.717, 1.165) is 19.4 Å². The van der Waals surface area contributed by atoms with Crippen molar-refractivity contribution in [1.29, 1.82) is 0 Å². The first-order chi connectivity index (χ1) is 7.31. The van der Waals surface area contributed by atoms with E-state index >= 15 is 0 Å². The molecule has 0 atom stereocenters. The highest BCUT2D eigenvalue weighted by Crippen LogP contribution is 2.06. The largest absolute Gasteiger partial charge is 0.356 e. The lowest BCUT2D eigenvalue weighted by Gasteiger charge is -2.26. The molecule has 0 unspecified atom stereocenters. The maximum absolute atomic E-state index is 11.9. The van der Waals surface area contributed by atoms with Crippen LogP contribution in [0.4, 0.5) is 0 Å². The zero-order valence-corrected chi connectivity index (χ0v) is 8.32. The Balaban J connectivity index is 2.08. The van der Waals surface area contributed by atoms with E-state index in [1.807, 2.05) is 0 Å². The molecule has 5 heteroatoms. The van der Waals surface area contributed by atoms with E-state index in [9.17, 15) is 9.59 Å². The Labute approximate surface area is 87.5 Å². The first-order valence-electron chi connectivity index (χ1n) is 4.95. The maximum atomic E-state index is 11.9. The summed E-state index contributed by atoms with van der Waals surface area (Å²) in [6.07, 6.45) is 2.27. The van der Waals surface area contributed by atoms with Crippen molar-refractivity contribution in [2.24, 2.45) is 0 Å². The molecule has 1 aliphatic rings. The summed E-state index contributed by atoms with van der Waals surface area (Å²) in [5, 5.41) is 3.18. The number of carbonyl (C=O) groups is 2. The summed E-state index contributed by atoms with van der Waals surface area (Å²) in [5.41, 5.74) is 0.993. The molecule has 80 valence electrons. The van der Waals surface area contributed by atoms with E-state index < -0.39 is 0 Å². The minimum atomic E-state index is -0.0374. The van der Waals surface area contributed by atoms with Crippen LogP contribution >= 0.6 is 0 Å². The molecule has 0 aliphatic carbocycles. The minimum Gasteiger partial charge on any atom is -0.356 e. The summed E-state index contributed by atoms with van der Waals surface area (Å²) >= 11 is 0. The molecule has 5 nitrogen and oxygen atoms in total. The highest BCUT2D eigenvalue weighted by molar-refractivity contribution is 5.94. The molecule has 1 aromatic rings. The lowest BCUT2D eigenvalue weighted by molar-refractivity contribution is 0.0730. The second-order valence-electron chi connectivity index (χ2n) is 3.51. The predicted octanol–water partition coefficient (Wildman–Crippen LogP) is -0.127. The molecule has 0 bridgehead atoms. The van der Waals surface area contributed by atoms with Crippen LogP contribution in [-0.4, -0.2) is 48.3 Å². The number of hydrogen-bond donors (Lipinski definition) is 2. The molecule has 0 saturated carbocycles. The first kappa shape index (κ1) is 9.92. The zero-order chi connectivity index (χ0) is 10.7. The second-order valence-corrected chi connectivity index (χ2v) is 3.51. The number of aromatic nitrogens is 1. The van der Waals surface area contributed by atoms with Gasteiger partial charge < -0.3 is 15.2 Å². The number of nitrogens with one attached hydrogen (secondary N) is 2. The van der Waals surface area contributed by atoms with Crippen LogP contribution in [0.2, 0.25) is 0 Å². The molecule has 0 radical (unpaired) electrons. The number of aromatic amines is 1. The highest BCUT2D eigenvalue weighted by Gasteiger charge is 2.18. The van der Waals surface area contributed by atoms with Gasteiger partial charge in [-0.2, -0.15) is 0 Å². The summed E-state index contributed by atoms with van der Waals surface area (Å²) in [4.78, 5) is 26.9. The number of amides is 1. The van der Waals surface area contributed by atoms with Crippen LogP contribution in [0.3, 0.4) is 0 Å². The van der Waals surface area contributed by atoms with Crippen molar-refractivity contribution in [2.45, 2.75) is 0 Å². The summed E-state index contributed by atoms with van der Waals surface area (Å²) in [7, 11) is 0. The van der Waals surface area contributed by atoms with Gasteiger partial charge in [0.15, 0.2) is 6.29 Å². The van der Waals surface area contributed by atoms with E-state index in [1.165, 1.54) is 0 Å². The van der Waals surface area contributed by atoms with Gasteiger partial charge in [0, 0.05) is 37.9 Å². The SMILES string of the molecule is O=Cc1c[nH]c(C(=O)N2CCNCC2)c1. The Morgan fingerprint density at radius 3 is 2.73 bits per heavy atom. The molecule has 1 aromatic heterocycles. The molecule has 2 rings (SSSR count). The fourth-order valence-electron chi connectivity index (χ4n) is 1.64. The van der Waals surface area contributed by atoms with Crippen molar-refractivity contribution in [3.63, 3.8) is 0 Å². The van der Waals surface area contributed by atoms with Crippen LogP contribution in [0.1, 0.15) is 20.8 Å². The lowest BCUT2D eigenvalue weighted by Crippen LogP contribution is -2.46. The molecule has 1 saturated heterocycles. The van der Waals surface area contributed by atoms with E-state index in [1.54, 1.807) is 17.2 Å². The number of hydrogen-bond acceptors (Lipinski definition) is 3. The van der Waals surface area contributed by atoms with Crippen LogP contribution in [0.25, 0.3) is 0 Å². The van der Waals surface area contributed by atoms with Crippen LogP contribution in [0.15, 0.2) is 12.3 Å². The fourth-order valence-corrected chi connectivity index (χ4v) is 1.64. The first-order valence-corrected chi connectivity index (χ1v) is 4.95. The zero-order valence-electron chi connectivity index (χ0n) is 8.32. The molecule has 0 aromatic carbocycles. The average Bonchev–Trinajstić information content (AvgIpc) is 2.78. The minimum absolute atomic E-state index is 0.0374. The summed E-state index contributed by atoms with van der Waals surface area (Å²) in [6, 6.07) is 1.58. The normalized spacial score (nSPS) is 16.4. The lowest BCUT2D eigenvalue weighted by atomic mass is 10.3. The predicted molar refractivity (Wildman–Crippen MR) is 55.0 cm³/mol. The number of H-pyrrole nitrogens is 1. The standard InChI is InChI=1S/C10H13N3O2/c14-7-8-5-9(12-6-8)10(15)13-3-1-11-2-4-13/h5-7,11-12H,1-4H2. The third-order valence-corrected chi connectivity index (χ3v) is 2.48. The molecule has 0 spiro atoms. The maximum Gasteiger partial charge on any atom is 0.270 e. The summed E-state index contributed by atoms with van der Waals surface area (Å²) < 4.78 is 0. The van der Waals surface area contributed by atoms with Crippen molar-refractivity contribution in [3.8, 4) is 0 Å². The van der Waals surface area contributed by atoms with Gasteiger partial charge in [0.05, 0.1) is 0 Å². The molecular weight excluding hydrogens is 194 g/mol. The van der Waals surface area contributed by atoms with Gasteiger partial charge in [-0.3, -0.25) is 9.59 Å². The van der Waals surface area contributed by atoms with E-state index in [4.69, 9.17) is 0 Å². The van der Waals surface area contributed by atoms with E-state index in [2.05, 4.69) is 10.3 Å². The van der Waals surface area contributed by atoms with E-state index in [-0.39, 0.29) is 5.91 Å². The van der Waals surface area contributed by atoms with Gasteiger partial charge >= 0.3 is 0 Å². The van der Waals surface area contributed by atoms with Crippen LogP contribution in [0, 0.1) is 0 Å². The molecule has 1 fully saturated rings. The Bertz CT molecular complexity index is 366. The third-order valence-electron chi connectivity index (χ3n) is 2.48. The highest BCUT2D eigenvalue weighted by atomic mass is 16.2. The summed E-state index contributed by atoms with van der Waals surface area (Å²) in [6.45, 7) is 3.09. The van der Waals surface area contributed by atoms with Gasteiger partial charge in [-0.25, -0.2) is 0 Å². The van der Waals surface area contributed by atoms with Gasteiger partial charge in [-0.1, -0.05) is 0 Å². The van der Waals surface area contributed by atoms with Crippen molar-refractivity contribution in [3.05, 3.63) is 23.5 Å². The number of rotatable bonds is 2. The molecular formula is C10H13N3O2. The molecule has 2 heterocycles. The van der Waals surface area contributed by atoms with Gasteiger partial charge in [0.25, 0.3) is 5.91 Å². The quantitative estimate of drug-likeness (QED) is 0.664. The van der Waals surface area contributed by atoms with Gasteiger partial charge in [0.1, 0.15) is 5.69 Å². The third kappa shape index (κ3) is 2.07. The molecule has 15 heavy (non-hydrogen) atoms. The average molecular weight is 207 g/mol. The molecule has 1 aliphatic heterocycles. The Morgan fingerprint density at radius 1 is 1.40 bits per heavy atom. The Hall–Kier alpha value is -1.62. The van der Waals surface area contributed by atoms with Gasteiger partial charge in [-0.05, 0) is 6.07 Å². The number of carbonyl (C=O) groups excluding carboxylic acids is 2. The van der Waals surface area contributed by atoms with Crippen molar-refractivity contribution in [1.82, 2.24) is 15.2 Å². The van der Waals surface area contributed by atoms with Crippen molar-refractivity contribution < 1.29 is 9.59 Å². The van der Waals surface area contributed by atoms with Gasteiger partial charge in [0.2, 0.25) is 0 Å².